The van der Waals surface area contributed by atoms with E-state index in [0.29, 0.717) is 6.54 Å². The maximum atomic E-state index is 11.2. The summed E-state index contributed by atoms with van der Waals surface area (Å²) in [5, 5.41) is 2.28. The molecule has 4 nitrogen and oxygen atoms in total. The summed E-state index contributed by atoms with van der Waals surface area (Å²) in [7, 11) is 0. The SMILES string of the molecule is CC(C)CCCCCCN1CC(=O)NC1=O. The molecule has 16 heavy (non-hydrogen) atoms. The summed E-state index contributed by atoms with van der Waals surface area (Å²) in [6.45, 7) is 5.42. The summed E-state index contributed by atoms with van der Waals surface area (Å²) in [5.74, 6) is 0.604. The van der Waals surface area contributed by atoms with E-state index in [1.165, 1.54) is 19.3 Å². The first-order chi connectivity index (χ1) is 7.59. The second-order valence-electron chi connectivity index (χ2n) is 4.87. The first-order valence-corrected chi connectivity index (χ1v) is 6.18. The number of urea groups is 1. The molecular formula is C12H22N2O2. The molecule has 0 atom stereocenters. The van der Waals surface area contributed by atoms with Crippen molar-refractivity contribution in [2.75, 3.05) is 13.1 Å². The molecule has 1 rings (SSSR count). The van der Waals surface area contributed by atoms with Gasteiger partial charge in [-0.15, -0.1) is 0 Å². The summed E-state index contributed by atoms with van der Waals surface area (Å²) in [6, 6.07) is -0.229. The molecule has 1 aliphatic rings. The van der Waals surface area contributed by atoms with Gasteiger partial charge >= 0.3 is 6.03 Å². The minimum atomic E-state index is -0.229. The Balaban J connectivity index is 1.99. The van der Waals surface area contributed by atoms with Gasteiger partial charge in [0.05, 0.1) is 0 Å². The third-order valence-electron chi connectivity index (χ3n) is 2.83. The van der Waals surface area contributed by atoms with Crippen LogP contribution < -0.4 is 5.32 Å². The van der Waals surface area contributed by atoms with E-state index in [1.54, 1.807) is 4.90 Å². The number of nitrogens with zero attached hydrogens (tertiary/aromatic N) is 1. The Hall–Kier alpha value is -1.06. The van der Waals surface area contributed by atoms with Gasteiger partial charge in [-0.2, -0.15) is 0 Å². The number of carbonyl (C=O) groups is 2. The van der Waals surface area contributed by atoms with E-state index < -0.39 is 0 Å². The van der Waals surface area contributed by atoms with Gasteiger partial charge in [0.1, 0.15) is 6.54 Å². The molecule has 0 saturated carbocycles. The number of rotatable bonds is 7. The quantitative estimate of drug-likeness (QED) is 0.534. The van der Waals surface area contributed by atoms with E-state index in [1.807, 2.05) is 0 Å². The summed E-state index contributed by atoms with van der Waals surface area (Å²) < 4.78 is 0. The molecule has 0 aliphatic carbocycles. The Morgan fingerprint density at radius 3 is 2.44 bits per heavy atom. The Morgan fingerprint density at radius 2 is 1.88 bits per heavy atom. The molecule has 0 bridgehead atoms. The van der Waals surface area contributed by atoms with E-state index in [9.17, 15) is 9.59 Å². The first kappa shape index (κ1) is 13.0. The van der Waals surface area contributed by atoms with Crippen LogP contribution in [0.4, 0.5) is 4.79 Å². The Kier molecular flexibility index (Phi) is 5.29. The van der Waals surface area contributed by atoms with Gasteiger partial charge in [0, 0.05) is 6.54 Å². The number of unbranched alkanes of at least 4 members (excludes halogenated alkanes) is 3. The van der Waals surface area contributed by atoms with Gasteiger partial charge in [-0.05, 0) is 12.3 Å². The third-order valence-corrected chi connectivity index (χ3v) is 2.83. The second kappa shape index (κ2) is 6.51. The Bertz CT molecular complexity index is 251. The average molecular weight is 226 g/mol. The van der Waals surface area contributed by atoms with E-state index >= 15 is 0 Å². The average Bonchev–Trinajstić information content (AvgIpc) is 2.50. The highest BCUT2D eigenvalue weighted by molar-refractivity contribution is 6.01. The van der Waals surface area contributed by atoms with Crippen molar-refractivity contribution < 1.29 is 9.59 Å². The van der Waals surface area contributed by atoms with Gasteiger partial charge in [0.15, 0.2) is 0 Å². The van der Waals surface area contributed by atoms with Crippen molar-refractivity contribution in [1.82, 2.24) is 10.2 Å². The van der Waals surface area contributed by atoms with Crippen molar-refractivity contribution in [2.24, 2.45) is 5.92 Å². The zero-order valence-corrected chi connectivity index (χ0v) is 10.3. The lowest BCUT2D eigenvalue weighted by atomic mass is 10.0. The van der Waals surface area contributed by atoms with Crippen LogP contribution in [0, 0.1) is 5.92 Å². The first-order valence-electron chi connectivity index (χ1n) is 6.18. The van der Waals surface area contributed by atoms with Gasteiger partial charge in [-0.1, -0.05) is 39.5 Å². The highest BCUT2D eigenvalue weighted by Gasteiger charge is 2.25. The van der Waals surface area contributed by atoms with Crippen LogP contribution in [0.1, 0.15) is 46.0 Å². The van der Waals surface area contributed by atoms with Gasteiger partial charge in [0.25, 0.3) is 0 Å². The third kappa shape index (κ3) is 4.64. The van der Waals surface area contributed by atoms with Crippen molar-refractivity contribution in [1.29, 1.82) is 0 Å². The zero-order valence-electron chi connectivity index (χ0n) is 10.3. The number of amides is 3. The van der Waals surface area contributed by atoms with Crippen LogP contribution in [0.15, 0.2) is 0 Å². The van der Waals surface area contributed by atoms with Crippen molar-refractivity contribution >= 4 is 11.9 Å². The predicted octanol–water partition coefficient (Wildman–Crippen LogP) is 2.14. The fourth-order valence-corrected chi connectivity index (χ4v) is 1.87. The normalized spacial score (nSPS) is 16.1. The van der Waals surface area contributed by atoms with Gasteiger partial charge < -0.3 is 4.90 Å². The largest absolute Gasteiger partial charge is 0.324 e. The molecule has 1 N–H and O–H groups in total. The minimum Gasteiger partial charge on any atom is -0.315 e. The van der Waals surface area contributed by atoms with Crippen LogP contribution in [0.3, 0.4) is 0 Å². The molecule has 1 heterocycles. The van der Waals surface area contributed by atoms with Crippen molar-refractivity contribution in [2.45, 2.75) is 46.0 Å². The summed E-state index contributed by atoms with van der Waals surface area (Å²) in [5.41, 5.74) is 0. The van der Waals surface area contributed by atoms with E-state index in [4.69, 9.17) is 0 Å². The van der Waals surface area contributed by atoms with E-state index in [2.05, 4.69) is 19.2 Å². The number of imide groups is 1. The molecule has 1 fully saturated rings. The maximum absolute atomic E-state index is 11.2. The van der Waals surface area contributed by atoms with Crippen LogP contribution in [-0.2, 0) is 4.79 Å². The smallest absolute Gasteiger partial charge is 0.315 e. The number of nitrogens with one attached hydrogen (secondary N) is 1. The molecule has 92 valence electrons. The van der Waals surface area contributed by atoms with E-state index in [0.717, 1.165) is 18.8 Å². The number of carbonyl (C=O) groups excluding carboxylic acids is 2. The maximum Gasteiger partial charge on any atom is 0.324 e. The topological polar surface area (TPSA) is 49.4 Å². The van der Waals surface area contributed by atoms with Crippen LogP contribution in [0.25, 0.3) is 0 Å². The molecule has 0 aromatic carbocycles. The highest BCUT2D eigenvalue weighted by atomic mass is 16.2. The van der Waals surface area contributed by atoms with Crippen LogP contribution in [0.5, 0.6) is 0 Å². The monoisotopic (exact) mass is 226 g/mol. The number of hydrogen-bond donors (Lipinski definition) is 1. The molecule has 1 aliphatic heterocycles. The van der Waals surface area contributed by atoms with E-state index in [-0.39, 0.29) is 18.5 Å². The summed E-state index contributed by atoms with van der Waals surface area (Å²) in [4.78, 5) is 23.7. The molecule has 4 heteroatoms. The summed E-state index contributed by atoms with van der Waals surface area (Å²) in [6.07, 6.45) is 5.91. The Morgan fingerprint density at radius 1 is 1.19 bits per heavy atom. The zero-order chi connectivity index (χ0) is 12.0. The molecule has 0 unspecified atom stereocenters. The van der Waals surface area contributed by atoms with Gasteiger partial charge in [-0.3, -0.25) is 10.1 Å². The fourth-order valence-electron chi connectivity index (χ4n) is 1.87. The molecule has 3 amide bonds. The fraction of sp³-hybridized carbons (Fsp3) is 0.833. The molecule has 0 radical (unpaired) electrons. The lowest BCUT2D eigenvalue weighted by Gasteiger charge is -2.12. The molecule has 1 saturated heterocycles. The van der Waals surface area contributed by atoms with Crippen LogP contribution >= 0.6 is 0 Å². The van der Waals surface area contributed by atoms with Crippen molar-refractivity contribution in [3.05, 3.63) is 0 Å². The molecule has 0 aromatic rings. The van der Waals surface area contributed by atoms with Crippen molar-refractivity contribution in [3.8, 4) is 0 Å². The van der Waals surface area contributed by atoms with Crippen LogP contribution in [-0.4, -0.2) is 29.9 Å². The number of hydrogen-bond acceptors (Lipinski definition) is 2. The van der Waals surface area contributed by atoms with Gasteiger partial charge in [0.2, 0.25) is 5.91 Å². The summed E-state index contributed by atoms with van der Waals surface area (Å²) >= 11 is 0. The predicted molar refractivity (Wildman–Crippen MR) is 63.0 cm³/mol. The molecular weight excluding hydrogens is 204 g/mol. The molecule has 0 aromatic heterocycles. The highest BCUT2D eigenvalue weighted by Crippen LogP contribution is 2.10. The minimum absolute atomic E-state index is 0.176. The lowest BCUT2D eigenvalue weighted by Crippen LogP contribution is -2.29. The van der Waals surface area contributed by atoms with Crippen LogP contribution in [0.2, 0.25) is 0 Å². The Labute approximate surface area is 97.4 Å². The lowest BCUT2D eigenvalue weighted by molar-refractivity contribution is -0.118. The molecule has 0 spiro atoms. The standard InChI is InChI=1S/C12H22N2O2/c1-10(2)7-5-3-4-6-8-14-9-11(15)13-12(14)16/h10H,3-9H2,1-2H3,(H,13,15,16). The second-order valence-corrected chi connectivity index (χ2v) is 4.87. The van der Waals surface area contributed by atoms with Crippen molar-refractivity contribution in [3.63, 3.8) is 0 Å². The van der Waals surface area contributed by atoms with Gasteiger partial charge in [-0.25, -0.2) is 4.79 Å².